The third-order valence-corrected chi connectivity index (χ3v) is 2.67. The molecule has 0 fully saturated rings. The van der Waals surface area contributed by atoms with Crippen molar-refractivity contribution in [2.24, 2.45) is 0 Å². The maximum Gasteiger partial charge on any atom is 0.169 e. The molecule has 0 atom stereocenters. The summed E-state index contributed by atoms with van der Waals surface area (Å²) in [5.41, 5.74) is 14.1. The molecular weight excluding hydrogens is 212 g/mol. The van der Waals surface area contributed by atoms with Gasteiger partial charge in [0.25, 0.3) is 0 Å². The van der Waals surface area contributed by atoms with Crippen molar-refractivity contribution in [2.75, 3.05) is 11.5 Å². The van der Waals surface area contributed by atoms with Gasteiger partial charge in [0.1, 0.15) is 0 Å². The molecule has 2 aromatic rings. The third kappa shape index (κ3) is 2.45. The van der Waals surface area contributed by atoms with Crippen molar-refractivity contribution in [3.8, 4) is 0 Å². The predicted molar refractivity (Wildman–Crippen MR) is 69.7 cm³/mol. The van der Waals surface area contributed by atoms with Gasteiger partial charge >= 0.3 is 0 Å². The number of rotatable bonds is 3. The van der Waals surface area contributed by atoms with Crippen molar-refractivity contribution in [1.29, 1.82) is 0 Å². The van der Waals surface area contributed by atoms with Gasteiger partial charge in [-0.05, 0) is 23.8 Å². The van der Waals surface area contributed by atoms with Crippen LogP contribution >= 0.6 is 0 Å². The summed E-state index contributed by atoms with van der Waals surface area (Å²) >= 11 is 0. The van der Waals surface area contributed by atoms with Crippen LogP contribution < -0.4 is 11.5 Å². The van der Waals surface area contributed by atoms with Gasteiger partial charge in [-0.2, -0.15) is 0 Å². The molecule has 86 valence electrons. The van der Waals surface area contributed by atoms with Crippen LogP contribution in [0.3, 0.4) is 0 Å². The van der Waals surface area contributed by atoms with Crippen LogP contribution in [-0.4, -0.2) is 5.78 Å². The minimum Gasteiger partial charge on any atom is -0.398 e. The number of carbonyl (C=O) groups excluding carboxylic acids is 1. The number of anilines is 2. The van der Waals surface area contributed by atoms with E-state index in [1.54, 1.807) is 24.3 Å². The standard InChI is InChI=1S/C14H14N2O/c15-12-7-3-1-5-10(12)9-14(17)11-6-2-4-8-13(11)16/h1-8H,9,15-16H2. The Labute approximate surface area is 100 Å². The molecule has 0 aliphatic carbocycles. The number of hydrogen-bond donors (Lipinski definition) is 2. The normalized spacial score (nSPS) is 10.1. The largest absolute Gasteiger partial charge is 0.398 e. The van der Waals surface area contributed by atoms with Crippen LogP contribution in [0.15, 0.2) is 48.5 Å². The second-order valence-electron chi connectivity index (χ2n) is 3.89. The first kappa shape index (κ1) is 11.2. The topological polar surface area (TPSA) is 69.1 Å². The number of ketones is 1. The van der Waals surface area contributed by atoms with E-state index in [1.165, 1.54) is 0 Å². The van der Waals surface area contributed by atoms with Gasteiger partial charge in [0.15, 0.2) is 5.78 Å². The molecule has 0 saturated heterocycles. The molecule has 0 saturated carbocycles. The van der Waals surface area contributed by atoms with Crippen LogP contribution in [0.5, 0.6) is 0 Å². The van der Waals surface area contributed by atoms with E-state index in [1.807, 2.05) is 24.3 Å². The number of Topliss-reactive ketones (excluding diaryl/α,β-unsaturated/α-hetero) is 1. The average Bonchev–Trinajstić information content (AvgIpc) is 2.32. The van der Waals surface area contributed by atoms with Crippen molar-refractivity contribution < 1.29 is 4.79 Å². The lowest BCUT2D eigenvalue weighted by Crippen LogP contribution is -2.08. The fraction of sp³-hybridized carbons (Fsp3) is 0.0714. The highest BCUT2D eigenvalue weighted by Gasteiger charge is 2.11. The SMILES string of the molecule is Nc1ccccc1CC(=O)c1ccccc1N. The maximum atomic E-state index is 12.1. The Kier molecular flexibility index (Phi) is 3.10. The molecule has 4 N–H and O–H groups in total. The molecule has 0 aliphatic rings. The average molecular weight is 226 g/mol. The van der Waals surface area contributed by atoms with E-state index in [4.69, 9.17) is 11.5 Å². The Morgan fingerprint density at radius 3 is 2.12 bits per heavy atom. The van der Waals surface area contributed by atoms with Gasteiger partial charge in [-0.1, -0.05) is 30.3 Å². The fourth-order valence-electron chi connectivity index (χ4n) is 1.71. The summed E-state index contributed by atoms with van der Waals surface area (Å²) in [6.07, 6.45) is 0.279. The van der Waals surface area contributed by atoms with E-state index in [-0.39, 0.29) is 12.2 Å². The Morgan fingerprint density at radius 2 is 1.47 bits per heavy atom. The molecular formula is C14H14N2O. The van der Waals surface area contributed by atoms with Gasteiger partial charge in [-0.25, -0.2) is 0 Å². The van der Waals surface area contributed by atoms with E-state index >= 15 is 0 Å². The van der Waals surface area contributed by atoms with Crippen molar-refractivity contribution in [3.63, 3.8) is 0 Å². The molecule has 0 bridgehead atoms. The first-order valence-corrected chi connectivity index (χ1v) is 5.39. The predicted octanol–water partition coefficient (Wildman–Crippen LogP) is 2.28. The fourth-order valence-corrected chi connectivity index (χ4v) is 1.71. The molecule has 3 heteroatoms. The summed E-state index contributed by atoms with van der Waals surface area (Å²) in [6.45, 7) is 0. The molecule has 2 rings (SSSR count). The molecule has 2 aromatic carbocycles. The van der Waals surface area contributed by atoms with Crippen LogP contribution in [0.1, 0.15) is 15.9 Å². The van der Waals surface area contributed by atoms with Crippen LogP contribution in [0.4, 0.5) is 11.4 Å². The molecule has 3 nitrogen and oxygen atoms in total. The van der Waals surface area contributed by atoms with Gasteiger partial charge in [-0.15, -0.1) is 0 Å². The minimum atomic E-state index is -0.0130. The zero-order valence-electron chi connectivity index (χ0n) is 9.39. The summed E-state index contributed by atoms with van der Waals surface area (Å²) in [6, 6.07) is 14.4. The maximum absolute atomic E-state index is 12.1. The zero-order chi connectivity index (χ0) is 12.3. The monoisotopic (exact) mass is 226 g/mol. The number of hydrogen-bond acceptors (Lipinski definition) is 3. The zero-order valence-corrected chi connectivity index (χ0v) is 9.39. The van der Waals surface area contributed by atoms with Crippen molar-refractivity contribution in [3.05, 3.63) is 59.7 Å². The highest BCUT2D eigenvalue weighted by Crippen LogP contribution is 2.17. The van der Waals surface area contributed by atoms with Gasteiger partial charge in [-0.3, -0.25) is 4.79 Å². The molecule has 0 heterocycles. The Balaban J connectivity index is 2.24. The van der Waals surface area contributed by atoms with Crippen molar-refractivity contribution >= 4 is 17.2 Å². The van der Waals surface area contributed by atoms with Gasteiger partial charge in [0.05, 0.1) is 0 Å². The van der Waals surface area contributed by atoms with E-state index in [2.05, 4.69) is 0 Å². The second-order valence-corrected chi connectivity index (χ2v) is 3.89. The Hall–Kier alpha value is -2.29. The lowest BCUT2D eigenvalue weighted by atomic mass is 10.0. The number of carbonyl (C=O) groups is 1. The number of benzene rings is 2. The first-order chi connectivity index (χ1) is 8.18. The first-order valence-electron chi connectivity index (χ1n) is 5.39. The number of nitrogens with two attached hydrogens (primary N) is 2. The van der Waals surface area contributed by atoms with E-state index in [0.717, 1.165) is 5.56 Å². The van der Waals surface area contributed by atoms with Crippen molar-refractivity contribution in [2.45, 2.75) is 6.42 Å². The molecule has 17 heavy (non-hydrogen) atoms. The van der Waals surface area contributed by atoms with E-state index < -0.39 is 0 Å². The van der Waals surface area contributed by atoms with Crippen LogP contribution in [0.2, 0.25) is 0 Å². The van der Waals surface area contributed by atoms with Crippen molar-refractivity contribution in [1.82, 2.24) is 0 Å². The minimum absolute atomic E-state index is 0.0130. The molecule has 0 amide bonds. The van der Waals surface area contributed by atoms with Crippen LogP contribution in [-0.2, 0) is 6.42 Å². The Bertz CT molecular complexity index is 549. The summed E-state index contributed by atoms with van der Waals surface area (Å²) in [4.78, 5) is 12.1. The van der Waals surface area contributed by atoms with Crippen LogP contribution in [0.25, 0.3) is 0 Å². The summed E-state index contributed by atoms with van der Waals surface area (Å²) in [5.74, 6) is -0.0130. The summed E-state index contributed by atoms with van der Waals surface area (Å²) < 4.78 is 0. The van der Waals surface area contributed by atoms with Crippen LogP contribution in [0, 0.1) is 0 Å². The van der Waals surface area contributed by atoms with Gasteiger partial charge in [0, 0.05) is 23.4 Å². The smallest absolute Gasteiger partial charge is 0.169 e. The van der Waals surface area contributed by atoms with Gasteiger partial charge in [0.2, 0.25) is 0 Å². The van der Waals surface area contributed by atoms with E-state index in [9.17, 15) is 4.79 Å². The summed E-state index contributed by atoms with van der Waals surface area (Å²) in [7, 11) is 0. The van der Waals surface area contributed by atoms with E-state index in [0.29, 0.717) is 16.9 Å². The third-order valence-electron chi connectivity index (χ3n) is 2.67. The molecule has 0 radical (unpaired) electrons. The highest BCUT2D eigenvalue weighted by molar-refractivity contribution is 6.02. The quantitative estimate of drug-likeness (QED) is 0.623. The Morgan fingerprint density at radius 1 is 0.882 bits per heavy atom. The molecule has 0 unspecified atom stereocenters. The summed E-state index contributed by atoms with van der Waals surface area (Å²) in [5, 5.41) is 0. The highest BCUT2D eigenvalue weighted by atomic mass is 16.1. The lowest BCUT2D eigenvalue weighted by Gasteiger charge is -2.06. The van der Waals surface area contributed by atoms with Gasteiger partial charge < -0.3 is 11.5 Å². The lowest BCUT2D eigenvalue weighted by molar-refractivity contribution is 0.0994. The molecule has 0 aromatic heterocycles. The number of nitrogen functional groups attached to an aromatic ring is 2. The molecule has 0 aliphatic heterocycles. The second kappa shape index (κ2) is 4.70. The number of para-hydroxylation sites is 2. The molecule has 0 spiro atoms.